The second-order valence-corrected chi connectivity index (χ2v) is 6.06. The number of carbonyl (C=O) groups is 1. The SMILES string of the molecule is C=CCNS(=O)(=O)c1cccc(C(=O)NC(C)C)c1. The molecule has 19 heavy (non-hydrogen) atoms. The van der Waals surface area contributed by atoms with E-state index in [0.29, 0.717) is 5.56 Å². The van der Waals surface area contributed by atoms with Crippen LogP contribution in [0.1, 0.15) is 24.2 Å². The van der Waals surface area contributed by atoms with E-state index >= 15 is 0 Å². The molecular weight excluding hydrogens is 264 g/mol. The molecule has 0 unspecified atom stereocenters. The van der Waals surface area contributed by atoms with Crippen molar-refractivity contribution in [2.24, 2.45) is 0 Å². The van der Waals surface area contributed by atoms with Crippen LogP contribution in [0.5, 0.6) is 0 Å². The van der Waals surface area contributed by atoms with Crippen LogP contribution in [0.2, 0.25) is 0 Å². The summed E-state index contributed by atoms with van der Waals surface area (Å²) in [5, 5.41) is 2.71. The zero-order chi connectivity index (χ0) is 14.5. The molecule has 5 nitrogen and oxygen atoms in total. The number of carbonyl (C=O) groups excluding carboxylic acids is 1. The molecule has 0 spiro atoms. The zero-order valence-corrected chi connectivity index (χ0v) is 11.8. The second kappa shape index (κ2) is 6.49. The Labute approximate surface area is 113 Å². The van der Waals surface area contributed by atoms with Crippen LogP contribution < -0.4 is 10.0 Å². The fourth-order valence-corrected chi connectivity index (χ4v) is 2.45. The van der Waals surface area contributed by atoms with E-state index in [1.165, 1.54) is 24.3 Å². The summed E-state index contributed by atoms with van der Waals surface area (Å²) in [5.41, 5.74) is 0.315. The molecule has 0 heterocycles. The maximum atomic E-state index is 11.9. The monoisotopic (exact) mass is 282 g/mol. The van der Waals surface area contributed by atoms with Gasteiger partial charge >= 0.3 is 0 Å². The summed E-state index contributed by atoms with van der Waals surface area (Å²) in [6.07, 6.45) is 1.45. The number of sulfonamides is 1. The molecule has 0 aliphatic heterocycles. The molecule has 1 aromatic carbocycles. The normalized spacial score (nSPS) is 11.3. The van der Waals surface area contributed by atoms with Crippen molar-refractivity contribution in [3.63, 3.8) is 0 Å². The molecule has 1 amide bonds. The molecule has 6 heteroatoms. The van der Waals surface area contributed by atoms with Gasteiger partial charge < -0.3 is 5.32 Å². The Morgan fingerprint density at radius 3 is 2.68 bits per heavy atom. The summed E-state index contributed by atoms with van der Waals surface area (Å²) < 4.78 is 26.1. The molecule has 0 bridgehead atoms. The maximum absolute atomic E-state index is 11.9. The van der Waals surface area contributed by atoms with Crippen LogP contribution in [0.25, 0.3) is 0 Å². The summed E-state index contributed by atoms with van der Waals surface area (Å²) in [4.78, 5) is 11.9. The van der Waals surface area contributed by atoms with E-state index in [4.69, 9.17) is 0 Å². The molecule has 104 valence electrons. The van der Waals surface area contributed by atoms with Crippen LogP contribution in [-0.4, -0.2) is 26.9 Å². The number of nitrogens with one attached hydrogen (secondary N) is 2. The highest BCUT2D eigenvalue weighted by Crippen LogP contribution is 2.11. The third-order valence-corrected chi connectivity index (χ3v) is 3.67. The van der Waals surface area contributed by atoms with Crippen molar-refractivity contribution in [3.05, 3.63) is 42.5 Å². The predicted octanol–water partition coefficient (Wildman–Crippen LogP) is 1.29. The first-order chi connectivity index (χ1) is 8.86. The van der Waals surface area contributed by atoms with Gasteiger partial charge in [-0.3, -0.25) is 4.79 Å². The minimum Gasteiger partial charge on any atom is -0.350 e. The van der Waals surface area contributed by atoms with E-state index in [1.54, 1.807) is 6.07 Å². The van der Waals surface area contributed by atoms with Gasteiger partial charge in [0.15, 0.2) is 0 Å². The lowest BCUT2D eigenvalue weighted by molar-refractivity contribution is 0.0943. The molecule has 0 fully saturated rings. The average molecular weight is 282 g/mol. The van der Waals surface area contributed by atoms with Crippen molar-refractivity contribution < 1.29 is 13.2 Å². The lowest BCUT2D eigenvalue weighted by Crippen LogP contribution is -2.30. The molecule has 0 aliphatic rings. The Balaban J connectivity index is 3.00. The highest BCUT2D eigenvalue weighted by atomic mass is 32.2. The van der Waals surface area contributed by atoms with E-state index in [9.17, 15) is 13.2 Å². The van der Waals surface area contributed by atoms with Gasteiger partial charge in [0.05, 0.1) is 4.90 Å². The molecule has 0 saturated heterocycles. The van der Waals surface area contributed by atoms with Gasteiger partial charge in [-0.05, 0) is 32.0 Å². The van der Waals surface area contributed by atoms with Crippen molar-refractivity contribution in [1.82, 2.24) is 10.0 Å². The van der Waals surface area contributed by atoms with E-state index in [-0.39, 0.29) is 23.4 Å². The number of amides is 1. The van der Waals surface area contributed by atoms with Crippen molar-refractivity contribution in [2.75, 3.05) is 6.54 Å². The zero-order valence-electron chi connectivity index (χ0n) is 11.0. The fraction of sp³-hybridized carbons (Fsp3) is 0.308. The summed E-state index contributed by atoms with van der Waals surface area (Å²) in [7, 11) is -3.61. The van der Waals surface area contributed by atoms with Crippen molar-refractivity contribution in [1.29, 1.82) is 0 Å². The van der Waals surface area contributed by atoms with Crippen LogP contribution in [0, 0.1) is 0 Å². The van der Waals surface area contributed by atoms with Crippen LogP contribution in [0.3, 0.4) is 0 Å². The van der Waals surface area contributed by atoms with Crippen molar-refractivity contribution in [2.45, 2.75) is 24.8 Å². The molecule has 2 N–H and O–H groups in total. The molecule has 0 saturated carbocycles. The third-order valence-electron chi connectivity index (χ3n) is 2.24. The van der Waals surface area contributed by atoms with Crippen molar-refractivity contribution in [3.8, 4) is 0 Å². The standard InChI is InChI=1S/C13H18N2O3S/c1-4-8-14-19(17,18)12-7-5-6-11(9-12)13(16)15-10(2)3/h4-7,9-10,14H,1,8H2,2-3H3,(H,15,16). The second-order valence-electron chi connectivity index (χ2n) is 4.30. The molecule has 0 aromatic heterocycles. The van der Waals surface area contributed by atoms with Gasteiger partial charge in [-0.15, -0.1) is 6.58 Å². The average Bonchev–Trinajstić information content (AvgIpc) is 2.36. The maximum Gasteiger partial charge on any atom is 0.251 e. The Bertz CT molecular complexity index is 565. The van der Waals surface area contributed by atoms with Gasteiger partial charge in [0.25, 0.3) is 5.91 Å². The lowest BCUT2D eigenvalue weighted by Gasteiger charge is -2.10. The first-order valence-corrected chi connectivity index (χ1v) is 7.36. The lowest BCUT2D eigenvalue weighted by atomic mass is 10.2. The smallest absolute Gasteiger partial charge is 0.251 e. The third kappa shape index (κ3) is 4.50. The minimum absolute atomic E-state index is 0.00773. The first kappa shape index (κ1) is 15.4. The highest BCUT2D eigenvalue weighted by molar-refractivity contribution is 7.89. The van der Waals surface area contributed by atoms with Gasteiger partial charge in [-0.25, -0.2) is 13.1 Å². The number of benzene rings is 1. The summed E-state index contributed by atoms with van der Waals surface area (Å²) in [6.45, 7) is 7.26. The molecule has 1 aromatic rings. The largest absolute Gasteiger partial charge is 0.350 e. The Morgan fingerprint density at radius 2 is 2.11 bits per heavy atom. The van der Waals surface area contributed by atoms with Gasteiger partial charge in [-0.2, -0.15) is 0 Å². The number of hydrogen-bond donors (Lipinski definition) is 2. The molecule has 0 aliphatic carbocycles. The minimum atomic E-state index is -3.61. The van der Waals surface area contributed by atoms with E-state index in [2.05, 4.69) is 16.6 Å². The quantitative estimate of drug-likeness (QED) is 0.772. The number of rotatable bonds is 6. The van der Waals surface area contributed by atoms with Crippen LogP contribution in [0.4, 0.5) is 0 Å². The van der Waals surface area contributed by atoms with E-state index in [0.717, 1.165) is 0 Å². The summed E-state index contributed by atoms with van der Waals surface area (Å²) in [6, 6.07) is 5.90. The number of hydrogen-bond acceptors (Lipinski definition) is 3. The Kier molecular flexibility index (Phi) is 5.26. The van der Waals surface area contributed by atoms with Crippen LogP contribution in [-0.2, 0) is 10.0 Å². The fourth-order valence-electron chi connectivity index (χ4n) is 1.40. The van der Waals surface area contributed by atoms with Gasteiger partial charge in [-0.1, -0.05) is 12.1 Å². The summed E-state index contributed by atoms with van der Waals surface area (Å²) >= 11 is 0. The van der Waals surface area contributed by atoms with Crippen molar-refractivity contribution >= 4 is 15.9 Å². The summed E-state index contributed by atoms with van der Waals surface area (Å²) in [5.74, 6) is -0.296. The Morgan fingerprint density at radius 1 is 1.42 bits per heavy atom. The van der Waals surface area contributed by atoms with E-state index in [1.807, 2.05) is 13.8 Å². The Hall–Kier alpha value is -1.66. The topological polar surface area (TPSA) is 75.3 Å². The molecule has 1 rings (SSSR count). The molecule has 0 atom stereocenters. The molecule has 0 radical (unpaired) electrons. The van der Waals surface area contributed by atoms with E-state index < -0.39 is 10.0 Å². The van der Waals surface area contributed by atoms with Crippen LogP contribution in [0.15, 0.2) is 41.8 Å². The van der Waals surface area contributed by atoms with Gasteiger partial charge in [0, 0.05) is 18.2 Å². The molecular formula is C13H18N2O3S. The van der Waals surface area contributed by atoms with Gasteiger partial charge in [0.1, 0.15) is 0 Å². The van der Waals surface area contributed by atoms with Crippen LogP contribution >= 0.6 is 0 Å². The first-order valence-electron chi connectivity index (χ1n) is 5.88. The highest BCUT2D eigenvalue weighted by Gasteiger charge is 2.15. The van der Waals surface area contributed by atoms with Gasteiger partial charge in [0.2, 0.25) is 10.0 Å². The predicted molar refractivity (Wildman–Crippen MR) is 74.4 cm³/mol.